The highest BCUT2D eigenvalue weighted by molar-refractivity contribution is 4.65. The molecule has 0 aromatic rings. The van der Waals surface area contributed by atoms with Crippen molar-refractivity contribution in [3.8, 4) is 0 Å². The molecule has 0 saturated carbocycles. The predicted octanol–water partition coefficient (Wildman–Crippen LogP) is 0.924. The second kappa shape index (κ2) is 6.21. The van der Waals surface area contributed by atoms with Crippen molar-refractivity contribution in [3.05, 3.63) is 0 Å². The van der Waals surface area contributed by atoms with Crippen LogP contribution in [0.1, 0.15) is 13.8 Å². The Morgan fingerprint density at radius 3 is 2.36 bits per heavy atom. The van der Waals surface area contributed by atoms with Gasteiger partial charge in [-0.1, -0.05) is 0 Å². The molecular formula is C8H16F3NO2. The lowest BCUT2D eigenvalue weighted by Gasteiger charge is -2.16. The molecule has 2 unspecified atom stereocenters. The van der Waals surface area contributed by atoms with E-state index in [1.807, 2.05) is 0 Å². The molecule has 0 aromatic carbocycles. The Morgan fingerprint density at radius 1 is 1.36 bits per heavy atom. The molecule has 86 valence electrons. The Hall–Kier alpha value is -0.330. The SMILES string of the molecule is CC(O)C(C)NCCOCC(F)(F)F. The number of aliphatic hydroxyl groups is 1. The molecule has 2 N–H and O–H groups in total. The number of hydrogen-bond donors (Lipinski definition) is 2. The minimum atomic E-state index is -4.27. The summed E-state index contributed by atoms with van der Waals surface area (Å²) < 4.78 is 39.1. The monoisotopic (exact) mass is 215 g/mol. The molecule has 0 heterocycles. The van der Waals surface area contributed by atoms with Crippen LogP contribution in [0.4, 0.5) is 13.2 Å². The third kappa shape index (κ3) is 8.28. The number of rotatable bonds is 6. The van der Waals surface area contributed by atoms with Crippen LogP contribution in [0, 0.1) is 0 Å². The molecule has 0 radical (unpaired) electrons. The summed E-state index contributed by atoms with van der Waals surface area (Å²) in [5.41, 5.74) is 0. The van der Waals surface area contributed by atoms with Crippen LogP contribution in [0.25, 0.3) is 0 Å². The van der Waals surface area contributed by atoms with Crippen molar-refractivity contribution < 1.29 is 23.0 Å². The van der Waals surface area contributed by atoms with Crippen molar-refractivity contribution in [2.45, 2.75) is 32.2 Å². The standard InChI is InChI=1S/C8H16F3NO2/c1-6(7(2)13)12-3-4-14-5-8(9,10)11/h6-7,12-13H,3-5H2,1-2H3. The van der Waals surface area contributed by atoms with E-state index in [-0.39, 0.29) is 12.6 Å². The molecule has 0 aromatic heterocycles. The topological polar surface area (TPSA) is 41.5 Å². The van der Waals surface area contributed by atoms with Crippen molar-refractivity contribution in [2.75, 3.05) is 19.8 Å². The number of nitrogens with one attached hydrogen (secondary N) is 1. The fourth-order valence-corrected chi connectivity index (χ4v) is 0.717. The first kappa shape index (κ1) is 13.7. The Balaban J connectivity index is 3.30. The number of halogens is 3. The molecule has 0 aliphatic rings. The van der Waals surface area contributed by atoms with Gasteiger partial charge in [0.15, 0.2) is 0 Å². The van der Waals surface area contributed by atoms with E-state index in [0.29, 0.717) is 6.54 Å². The van der Waals surface area contributed by atoms with Gasteiger partial charge in [0.25, 0.3) is 0 Å². The van der Waals surface area contributed by atoms with Gasteiger partial charge in [-0.15, -0.1) is 0 Å². The van der Waals surface area contributed by atoms with E-state index in [2.05, 4.69) is 10.1 Å². The van der Waals surface area contributed by atoms with Crippen LogP contribution in [0.15, 0.2) is 0 Å². The Kier molecular flexibility index (Phi) is 6.06. The molecule has 2 atom stereocenters. The predicted molar refractivity (Wildman–Crippen MR) is 46.0 cm³/mol. The van der Waals surface area contributed by atoms with Crippen LogP contribution in [-0.2, 0) is 4.74 Å². The molecule has 6 heteroatoms. The highest BCUT2D eigenvalue weighted by atomic mass is 19.4. The highest BCUT2D eigenvalue weighted by Crippen LogP contribution is 2.13. The maximum Gasteiger partial charge on any atom is 0.411 e. The highest BCUT2D eigenvalue weighted by Gasteiger charge is 2.27. The summed E-state index contributed by atoms with van der Waals surface area (Å²) >= 11 is 0. The van der Waals surface area contributed by atoms with E-state index in [4.69, 9.17) is 5.11 Å². The molecule has 0 saturated heterocycles. The quantitative estimate of drug-likeness (QED) is 0.647. The van der Waals surface area contributed by atoms with Gasteiger partial charge >= 0.3 is 6.18 Å². The average molecular weight is 215 g/mol. The van der Waals surface area contributed by atoms with Crippen LogP contribution in [0.3, 0.4) is 0 Å². The molecule has 0 fully saturated rings. The van der Waals surface area contributed by atoms with Gasteiger partial charge in [-0.2, -0.15) is 13.2 Å². The van der Waals surface area contributed by atoms with Gasteiger partial charge in [-0.25, -0.2) is 0 Å². The fraction of sp³-hybridized carbons (Fsp3) is 1.00. The van der Waals surface area contributed by atoms with Gasteiger partial charge < -0.3 is 15.2 Å². The van der Waals surface area contributed by atoms with Crippen molar-refractivity contribution in [1.82, 2.24) is 5.32 Å². The third-order valence-electron chi connectivity index (χ3n) is 1.70. The summed E-state index contributed by atoms with van der Waals surface area (Å²) in [6.07, 6.45) is -4.80. The summed E-state index contributed by atoms with van der Waals surface area (Å²) in [4.78, 5) is 0. The lowest BCUT2D eigenvalue weighted by molar-refractivity contribution is -0.173. The summed E-state index contributed by atoms with van der Waals surface area (Å²) in [5, 5.41) is 11.8. The molecule has 0 aliphatic carbocycles. The van der Waals surface area contributed by atoms with E-state index in [1.54, 1.807) is 13.8 Å². The van der Waals surface area contributed by atoms with Crippen LogP contribution in [0.5, 0.6) is 0 Å². The summed E-state index contributed by atoms with van der Waals surface area (Å²) in [6.45, 7) is 2.40. The largest absolute Gasteiger partial charge is 0.411 e. The van der Waals surface area contributed by atoms with E-state index in [1.165, 1.54) is 0 Å². The average Bonchev–Trinajstić information content (AvgIpc) is 2.01. The minimum Gasteiger partial charge on any atom is -0.392 e. The van der Waals surface area contributed by atoms with Crippen LogP contribution in [0.2, 0.25) is 0 Å². The van der Waals surface area contributed by atoms with Gasteiger partial charge in [-0.3, -0.25) is 0 Å². The molecule has 3 nitrogen and oxygen atoms in total. The summed E-state index contributed by atoms with van der Waals surface area (Å²) in [7, 11) is 0. The van der Waals surface area contributed by atoms with Gasteiger partial charge in [0, 0.05) is 12.6 Å². The normalized spacial score (nSPS) is 16.7. The van der Waals surface area contributed by atoms with Crippen molar-refractivity contribution in [3.63, 3.8) is 0 Å². The number of hydrogen-bond acceptors (Lipinski definition) is 3. The number of alkyl halides is 3. The van der Waals surface area contributed by atoms with Gasteiger partial charge in [-0.05, 0) is 13.8 Å². The number of aliphatic hydroxyl groups excluding tert-OH is 1. The molecule has 14 heavy (non-hydrogen) atoms. The second-order valence-electron chi connectivity index (χ2n) is 3.15. The molecular weight excluding hydrogens is 199 g/mol. The van der Waals surface area contributed by atoms with Gasteiger partial charge in [0.2, 0.25) is 0 Å². The number of ether oxygens (including phenoxy) is 1. The van der Waals surface area contributed by atoms with E-state index < -0.39 is 18.9 Å². The van der Waals surface area contributed by atoms with E-state index in [9.17, 15) is 13.2 Å². The van der Waals surface area contributed by atoms with Crippen LogP contribution < -0.4 is 5.32 Å². The molecule has 0 aliphatic heterocycles. The van der Waals surface area contributed by atoms with Crippen LogP contribution >= 0.6 is 0 Å². The Bertz CT molecular complexity index is 150. The fourth-order valence-electron chi connectivity index (χ4n) is 0.717. The van der Waals surface area contributed by atoms with Crippen LogP contribution in [-0.4, -0.2) is 43.2 Å². The van der Waals surface area contributed by atoms with Gasteiger partial charge in [0.05, 0.1) is 12.7 Å². The molecule has 0 spiro atoms. The van der Waals surface area contributed by atoms with Crippen molar-refractivity contribution in [1.29, 1.82) is 0 Å². The zero-order valence-electron chi connectivity index (χ0n) is 8.27. The first-order valence-corrected chi connectivity index (χ1v) is 4.39. The smallest absolute Gasteiger partial charge is 0.392 e. The maximum absolute atomic E-state index is 11.6. The van der Waals surface area contributed by atoms with Gasteiger partial charge in [0.1, 0.15) is 6.61 Å². The molecule has 0 rings (SSSR count). The maximum atomic E-state index is 11.6. The second-order valence-corrected chi connectivity index (χ2v) is 3.15. The zero-order valence-corrected chi connectivity index (χ0v) is 8.27. The van der Waals surface area contributed by atoms with E-state index in [0.717, 1.165) is 0 Å². The van der Waals surface area contributed by atoms with Crippen molar-refractivity contribution >= 4 is 0 Å². The molecule has 0 amide bonds. The minimum absolute atomic E-state index is 0.0173. The first-order chi connectivity index (χ1) is 6.33. The summed E-state index contributed by atoms with van der Waals surface area (Å²) in [5.74, 6) is 0. The lowest BCUT2D eigenvalue weighted by atomic mass is 10.2. The Morgan fingerprint density at radius 2 is 1.93 bits per heavy atom. The lowest BCUT2D eigenvalue weighted by Crippen LogP contribution is -2.37. The first-order valence-electron chi connectivity index (χ1n) is 4.39. The third-order valence-corrected chi connectivity index (χ3v) is 1.70. The van der Waals surface area contributed by atoms with Crippen molar-refractivity contribution in [2.24, 2.45) is 0 Å². The summed E-state index contributed by atoms with van der Waals surface area (Å²) in [6, 6.07) is -0.149. The Labute approximate surface area is 81.2 Å². The van der Waals surface area contributed by atoms with E-state index >= 15 is 0 Å². The molecule has 0 bridgehead atoms. The zero-order chi connectivity index (χ0) is 11.2.